The SMILES string of the molecule is O=C(NCC(F)(F)Br)C1CNCCO1. The minimum absolute atomic E-state index is 0.361. The van der Waals surface area contributed by atoms with Gasteiger partial charge >= 0.3 is 4.83 Å². The van der Waals surface area contributed by atoms with Crippen molar-refractivity contribution in [3.05, 3.63) is 0 Å². The number of amides is 1. The standard InChI is InChI=1S/C7H11BrF2N2O2/c8-7(9,10)4-12-6(13)5-3-11-1-2-14-5/h5,11H,1-4H2,(H,12,13). The highest BCUT2D eigenvalue weighted by atomic mass is 79.9. The van der Waals surface area contributed by atoms with E-state index >= 15 is 0 Å². The van der Waals surface area contributed by atoms with Crippen molar-refractivity contribution < 1.29 is 18.3 Å². The molecule has 1 aliphatic rings. The molecule has 2 N–H and O–H groups in total. The molecule has 1 unspecified atom stereocenters. The molecule has 0 aliphatic carbocycles. The van der Waals surface area contributed by atoms with Crippen LogP contribution in [-0.4, -0.2) is 43.1 Å². The van der Waals surface area contributed by atoms with Gasteiger partial charge in [0.1, 0.15) is 6.10 Å². The summed E-state index contributed by atoms with van der Waals surface area (Å²) < 4.78 is 29.7. The second-order valence-electron chi connectivity index (χ2n) is 2.90. The summed E-state index contributed by atoms with van der Waals surface area (Å²) >= 11 is 2.13. The van der Waals surface area contributed by atoms with Gasteiger partial charge < -0.3 is 15.4 Å². The number of carbonyl (C=O) groups excluding carboxylic acids is 1. The monoisotopic (exact) mass is 272 g/mol. The highest BCUT2D eigenvalue weighted by Gasteiger charge is 2.27. The fraction of sp³-hybridized carbons (Fsp3) is 0.857. The Labute approximate surface area is 88.5 Å². The summed E-state index contributed by atoms with van der Waals surface area (Å²) in [4.78, 5) is 8.15. The Kier molecular flexibility index (Phi) is 4.21. The molecule has 0 radical (unpaired) electrons. The molecule has 14 heavy (non-hydrogen) atoms. The van der Waals surface area contributed by atoms with Crippen LogP contribution in [0, 0.1) is 0 Å². The molecule has 1 aliphatic heterocycles. The molecule has 0 aromatic heterocycles. The lowest BCUT2D eigenvalue weighted by Gasteiger charge is -2.23. The molecule has 0 saturated carbocycles. The summed E-state index contributed by atoms with van der Waals surface area (Å²) in [6, 6.07) is 0. The van der Waals surface area contributed by atoms with Crippen molar-refractivity contribution in [1.29, 1.82) is 0 Å². The molecule has 4 nitrogen and oxygen atoms in total. The van der Waals surface area contributed by atoms with Gasteiger partial charge in [-0.15, -0.1) is 0 Å². The van der Waals surface area contributed by atoms with Crippen LogP contribution < -0.4 is 10.6 Å². The third kappa shape index (κ3) is 4.30. The van der Waals surface area contributed by atoms with Crippen molar-refractivity contribution in [3.63, 3.8) is 0 Å². The molecule has 1 saturated heterocycles. The number of halogens is 3. The van der Waals surface area contributed by atoms with Gasteiger partial charge in [0.05, 0.1) is 13.2 Å². The van der Waals surface area contributed by atoms with Gasteiger partial charge in [0.15, 0.2) is 0 Å². The first-order chi connectivity index (χ1) is 6.49. The highest BCUT2D eigenvalue weighted by Crippen LogP contribution is 2.19. The van der Waals surface area contributed by atoms with E-state index in [2.05, 4.69) is 26.6 Å². The molecule has 1 fully saturated rings. The van der Waals surface area contributed by atoms with Gasteiger partial charge in [-0.05, 0) is 15.9 Å². The lowest BCUT2D eigenvalue weighted by atomic mass is 10.3. The topological polar surface area (TPSA) is 50.4 Å². The van der Waals surface area contributed by atoms with Gasteiger partial charge in [0.25, 0.3) is 5.91 Å². The molecule has 0 spiro atoms. The van der Waals surface area contributed by atoms with Crippen molar-refractivity contribution in [3.8, 4) is 0 Å². The average Bonchev–Trinajstić information content (AvgIpc) is 2.14. The molecule has 1 rings (SSSR count). The zero-order chi connectivity index (χ0) is 10.6. The zero-order valence-electron chi connectivity index (χ0n) is 7.36. The maximum Gasteiger partial charge on any atom is 0.318 e. The normalized spacial score (nSPS) is 23.2. The molecular formula is C7H11BrF2N2O2. The van der Waals surface area contributed by atoms with E-state index in [-0.39, 0.29) is 0 Å². The van der Waals surface area contributed by atoms with Crippen LogP contribution in [0.15, 0.2) is 0 Å². The Morgan fingerprint density at radius 2 is 2.43 bits per heavy atom. The molecule has 82 valence electrons. The lowest BCUT2D eigenvalue weighted by Crippen LogP contribution is -2.49. The maximum absolute atomic E-state index is 12.3. The molecule has 1 atom stereocenters. The predicted octanol–water partition coefficient (Wildman–Crippen LogP) is 0.0787. The fourth-order valence-electron chi connectivity index (χ4n) is 1.03. The van der Waals surface area contributed by atoms with E-state index in [0.29, 0.717) is 19.7 Å². The average molecular weight is 273 g/mol. The molecule has 0 aromatic carbocycles. The van der Waals surface area contributed by atoms with E-state index in [1.54, 1.807) is 0 Å². The van der Waals surface area contributed by atoms with E-state index in [1.165, 1.54) is 0 Å². The predicted molar refractivity (Wildman–Crippen MR) is 49.5 cm³/mol. The van der Waals surface area contributed by atoms with Gasteiger partial charge in [0.2, 0.25) is 0 Å². The van der Waals surface area contributed by atoms with Crippen LogP contribution >= 0.6 is 15.9 Å². The van der Waals surface area contributed by atoms with E-state index in [0.717, 1.165) is 0 Å². The smallest absolute Gasteiger partial charge is 0.318 e. The molecule has 7 heteroatoms. The second kappa shape index (κ2) is 4.99. The molecular weight excluding hydrogens is 262 g/mol. The van der Waals surface area contributed by atoms with Gasteiger partial charge in [-0.2, -0.15) is 8.78 Å². The van der Waals surface area contributed by atoms with Crippen molar-refractivity contribution in [2.75, 3.05) is 26.2 Å². The summed E-state index contributed by atoms with van der Waals surface area (Å²) in [6.45, 7) is 0.729. The first-order valence-electron chi connectivity index (χ1n) is 4.16. The third-order valence-electron chi connectivity index (χ3n) is 1.68. The number of hydrogen-bond acceptors (Lipinski definition) is 3. The molecule has 0 aromatic rings. The Hall–Kier alpha value is -0.270. The molecule has 0 bridgehead atoms. The summed E-state index contributed by atoms with van der Waals surface area (Å²) in [5, 5.41) is 5.02. The van der Waals surface area contributed by atoms with Crippen molar-refractivity contribution in [2.24, 2.45) is 0 Å². The van der Waals surface area contributed by atoms with E-state index in [9.17, 15) is 13.6 Å². The van der Waals surface area contributed by atoms with Crippen molar-refractivity contribution >= 4 is 21.8 Å². The number of hydrogen-bond donors (Lipinski definition) is 2. The third-order valence-corrected chi connectivity index (χ3v) is 1.96. The van der Waals surface area contributed by atoms with Crippen LogP contribution in [0.25, 0.3) is 0 Å². The minimum atomic E-state index is -3.06. The highest BCUT2D eigenvalue weighted by molar-refractivity contribution is 9.10. The van der Waals surface area contributed by atoms with Crippen LogP contribution in [-0.2, 0) is 9.53 Å². The van der Waals surface area contributed by atoms with E-state index < -0.39 is 23.4 Å². The van der Waals surface area contributed by atoms with E-state index in [4.69, 9.17) is 4.74 Å². The molecule has 1 heterocycles. The zero-order valence-corrected chi connectivity index (χ0v) is 8.94. The summed E-state index contributed by atoms with van der Waals surface area (Å²) in [6.07, 6.45) is -0.668. The Morgan fingerprint density at radius 1 is 1.71 bits per heavy atom. The summed E-state index contributed by atoms with van der Waals surface area (Å²) in [5.41, 5.74) is 0. The first-order valence-corrected chi connectivity index (χ1v) is 4.95. The quantitative estimate of drug-likeness (QED) is 0.716. The van der Waals surface area contributed by atoms with Crippen LogP contribution in [0.5, 0.6) is 0 Å². The number of alkyl halides is 3. The first kappa shape index (κ1) is 11.8. The Bertz CT molecular complexity index is 204. The maximum atomic E-state index is 12.3. The van der Waals surface area contributed by atoms with Gasteiger partial charge in [-0.25, -0.2) is 0 Å². The fourth-order valence-corrected chi connectivity index (χ4v) is 1.18. The number of rotatable bonds is 3. The lowest BCUT2D eigenvalue weighted by molar-refractivity contribution is -0.135. The second-order valence-corrected chi connectivity index (χ2v) is 4.06. The summed E-state index contributed by atoms with van der Waals surface area (Å²) in [5.74, 6) is -0.517. The van der Waals surface area contributed by atoms with Gasteiger partial charge in [-0.3, -0.25) is 4.79 Å². The largest absolute Gasteiger partial charge is 0.366 e. The van der Waals surface area contributed by atoms with Gasteiger partial charge in [-0.1, -0.05) is 0 Å². The van der Waals surface area contributed by atoms with Crippen molar-refractivity contribution in [2.45, 2.75) is 10.9 Å². The van der Waals surface area contributed by atoms with Crippen LogP contribution in [0.4, 0.5) is 8.78 Å². The van der Waals surface area contributed by atoms with E-state index in [1.807, 2.05) is 0 Å². The number of nitrogens with one attached hydrogen (secondary N) is 2. The van der Waals surface area contributed by atoms with Crippen LogP contribution in [0.1, 0.15) is 0 Å². The Balaban J connectivity index is 2.27. The minimum Gasteiger partial charge on any atom is -0.366 e. The van der Waals surface area contributed by atoms with Crippen LogP contribution in [0.2, 0.25) is 0 Å². The number of morpholine rings is 1. The molecule has 1 amide bonds. The Morgan fingerprint density at radius 3 is 2.93 bits per heavy atom. The van der Waals surface area contributed by atoms with Gasteiger partial charge in [0, 0.05) is 13.1 Å². The van der Waals surface area contributed by atoms with Crippen LogP contribution in [0.3, 0.4) is 0 Å². The number of ether oxygens (including phenoxy) is 1. The summed E-state index contributed by atoms with van der Waals surface area (Å²) in [7, 11) is 0. The number of carbonyl (C=O) groups is 1. The van der Waals surface area contributed by atoms with Crippen molar-refractivity contribution in [1.82, 2.24) is 10.6 Å².